The Balaban J connectivity index is 1.95. The largest absolute Gasteiger partial charge is 0.497 e. The molecule has 0 fully saturated rings. The fourth-order valence-electron chi connectivity index (χ4n) is 2.19. The van der Waals surface area contributed by atoms with E-state index in [1.54, 1.807) is 49.6 Å². The standard InChI is InChI=1S/C17H12N2O5/c1-23-13-8-6-11(7-9-13)16-18-14(17(20)24-16)10-12-4-2-3-5-15(12)19(21)22/h2-10H,1H3/b14-10-. The summed E-state index contributed by atoms with van der Waals surface area (Å²) in [6.45, 7) is 0. The lowest BCUT2D eigenvalue weighted by molar-refractivity contribution is -0.385. The molecule has 1 heterocycles. The number of para-hydroxylation sites is 1. The molecule has 3 rings (SSSR count). The number of cyclic esters (lactones) is 1. The maximum absolute atomic E-state index is 12.0. The minimum Gasteiger partial charge on any atom is -0.497 e. The van der Waals surface area contributed by atoms with Gasteiger partial charge in [-0.05, 0) is 36.4 Å². The first-order chi connectivity index (χ1) is 11.6. The van der Waals surface area contributed by atoms with Gasteiger partial charge in [-0.25, -0.2) is 9.79 Å². The predicted molar refractivity (Wildman–Crippen MR) is 86.7 cm³/mol. The summed E-state index contributed by atoms with van der Waals surface area (Å²) in [5.74, 6) is 0.158. The van der Waals surface area contributed by atoms with Crippen molar-refractivity contribution >= 4 is 23.6 Å². The Morgan fingerprint density at radius 2 is 1.88 bits per heavy atom. The zero-order chi connectivity index (χ0) is 17.1. The second-order valence-electron chi connectivity index (χ2n) is 4.88. The first-order valence-electron chi connectivity index (χ1n) is 6.99. The summed E-state index contributed by atoms with van der Waals surface area (Å²) in [7, 11) is 1.55. The van der Waals surface area contributed by atoms with Gasteiger partial charge in [-0.2, -0.15) is 0 Å². The van der Waals surface area contributed by atoms with E-state index < -0.39 is 10.9 Å². The number of aliphatic imine (C=N–C) groups is 1. The highest BCUT2D eigenvalue weighted by Crippen LogP contribution is 2.24. The minimum absolute atomic E-state index is 0.00937. The van der Waals surface area contributed by atoms with Crippen molar-refractivity contribution in [3.8, 4) is 5.75 Å². The number of rotatable bonds is 4. The Morgan fingerprint density at radius 3 is 2.54 bits per heavy atom. The molecule has 0 radical (unpaired) electrons. The zero-order valence-electron chi connectivity index (χ0n) is 12.6. The lowest BCUT2D eigenvalue weighted by Gasteiger charge is -2.01. The number of hydrogen-bond donors (Lipinski definition) is 0. The summed E-state index contributed by atoms with van der Waals surface area (Å²) in [6, 6.07) is 13.0. The maximum Gasteiger partial charge on any atom is 0.363 e. The Hall–Kier alpha value is -3.48. The van der Waals surface area contributed by atoms with Crippen molar-refractivity contribution in [2.75, 3.05) is 7.11 Å². The third-order valence-corrected chi connectivity index (χ3v) is 3.38. The fraction of sp³-hybridized carbons (Fsp3) is 0.0588. The molecule has 0 aromatic heterocycles. The molecular weight excluding hydrogens is 312 g/mol. The maximum atomic E-state index is 12.0. The molecule has 0 bridgehead atoms. The molecule has 0 saturated heterocycles. The van der Waals surface area contributed by atoms with Crippen molar-refractivity contribution in [3.63, 3.8) is 0 Å². The molecule has 0 amide bonds. The van der Waals surface area contributed by atoms with E-state index in [0.29, 0.717) is 11.3 Å². The van der Waals surface area contributed by atoms with Gasteiger partial charge in [0.15, 0.2) is 5.70 Å². The Morgan fingerprint density at radius 1 is 1.17 bits per heavy atom. The van der Waals surface area contributed by atoms with Crippen molar-refractivity contribution in [2.24, 2.45) is 4.99 Å². The molecule has 0 atom stereocenters. The van der Waals surface area contributed by atoms with Gasteiger partial charge in [0.1, 0.15) is 5.75 Å². The van der Waals surface area contributed by atoms with Gasteiger partial charge >= 0.3 is 5.97 Å². The van der Waals surface area contributed by atoms with Crippen LogP contribution in [0.15, 0.2) is 59.2 Å². The van der Waals surface area contributed by atoms with Crippen LogP contribution in [0, 0.1) is 10.1 Å². The summed E-state index contributed by atoms with van der Waals surface area (Å²) in [5.41, 5.74) is 0.797. The number of carbonyl (C=O) groups is 1. The third kappa shape index (κ3) is 3.00. The van der Waals surface area contributed by atoms with Gasteiger partial charge in [0, 0.05) is 11.6 Å². The van der Waals surface area contributed by atoms with Gasteiger partial charge in [-0.1, -0.05) is 12.1 Å². The summed E-state index contributed by atoms with van der Waals surface area (Å²) < 4.78 is 10.2. The molecule has 2 aromatic carbocycles. The van der Waals surface area contributed by atoms with Gasteiger partial charge in [-0.3, -0.25) is 10.1 Å². The number of hydrogen-bond acceptors (Lipinski definition) is 6. The lowest BCUT2D eigenvalue weighted by Crippen LogP contribution is -2.05. The molecule has 120 valence electrons. The van der Waals surface area contributed by atoms with Crippen LogP contribution >= 0.6 is 0 Å². The van der Waals surface area contributed by atoms with Crippen LogP contribution in [-0.2, 0) is 9.53 Å². The van der Waals surface area contributed by atoms with Gasteiger partial charge in [-0.15, -0.1) is 0 Å². The van der Waals surface area contributed by atoms with E-state index >= 15 is 0 Å². The van der Waals surface area contributed by atoms with Crippen molar-refractivity contribution in [2.45, 2.75) is 0 Å². The van der Waals surface area contributed by atoms with Gasteiger partial charge in [0.2, 0.25) is 5.90 Å². The van der Waals surface area contributed by atoms with E-state index in [1.807, 2.05) is 0 Å². The number of esters is 1. The average Bonchev–Trinajstić information content (AvgIpc) is 2.96. The minimum atomic E-state index is -0.654. The van der Waals surface area contributed by atoms with Gasteiger partial charge < -0.3 is 9.47 Å². The summed E-state index contributed by atoms with van der Waals surface area (Å²) in [6.07, 6.45) is 1.34. The first kappa shape index (κ1) is 15.4. The number of ether oxygens (including phenoxy) is 2. The van der Waals surface area contributed by atoms with Gasteiger partial charge in [0.05, 0.1) is 17.6 Å². The van der Waals surface area contributed by atoms with E-state index in [2.05, 4.69) is 4.99 Å². The van der Waals surface area contributed by atoms with Crippen molar-refractivity contribution < 1.29 is 19.2 Å². The van der Waals surface area contributed by atoms with Crippen LogP contribution in [0.4, 0.5) is 5.69 Å². The number of methoxy groups -OCH3 is 1. The highest BCUT2D eigenvalue weighted by molar-refractivity contribution is 6.13. The normalized spacial score (nSPS) is 15.1. The van der Waals surface area contributed by atoms with Crippen molar-refractivity contribution in [3.05, 3.63) is 75.5 Å². The summed E-state index contributed by atoms with van der Waals surface area (Å²) in [5, 5.41) is 11.0. The molecule has 2 aromatic rings. The van der Waals surface area contributed by atoms with E-state index in [9.17, 15) is 14.9 Å². The van der Waals surface area contributed by atoms with E-state index in [4.69, 9.17) is 9.47 Å². The zero-order valence-corrected chi connectivity index (χ0v) is 12.6. The van der Waals surface area contributed by atoms with Crippen LogP contribution in [0.2, 0.25) is 0 Å². The van der Waals surface area contributed by atoms with Crippen LogP contribution < -0.4 is 4.74 Å². The second-order valence-corrected chi connectivity index (χ2v) is 4.88. The Bertz CT molecular complexity index is 869. The molecule has 1 aliphatic rings. The number of nitro benzene ring substituents is 1. The first-order valence-corrected chi connectivity index (χ1v) is 6.99. The number of nitro groups is 1. The molecular formula is C17H12N2O5. The predicted octanol–water partition coefficient (Wildman–Crippen LogP) is 2.95. The number of carbonyl (C=O) groups excluding carboxylic acids is 1. The molecule has 0 N–H and O–H groups in total. The van der Waals surface area contributed by atoms with Crippen LogP contribution in [0.3, 0.4) is 0 Å². The molecule has 1 aliphatic heterocycles. The lowest BCUT2D eigenvalue weighted by atomic mass is 10.1. The SMILES string of the molecule is COc1ccc(C2=N/C(=C\c3ccccc3[N+](=O)[O-])C(=O)O2)cc1. The topological polar surface area (TPSA) is 91.0 Å². The van der Waals surface area contributed by atoms with E-state index in [-0.39, 0.29) is 22.8 Å². The number of nitrogens with zero attached hydrogens (tertiary/aromatic N) is 2. The number of benzene rings is 2. The fourth-order valence-corrected chi connectivity index (χ4v) is 2.19. The quantitative estimate of drug-likeness (QED) is 0.373. The molecule has 0 saturated carbocycles. The second kappa shape index (κ2) is 6.33. The molecule has 7 heteroatoms. The summed E-state index contributed by atoms with van der Waals surface area (Å²) >= 11 is 0. The van der Waals surface area contributed by atoms with Crippen LogP contribution in [0.1, 0.15) is 11.1 Å². The Labute approximate surface area is 137 Å². The molecule has 7 nitrogen and oxygen atoms in total. The van der Waals surface area contributed by atoms with Crippen molar-refractivity contribution in [1.29, 1.82) is 0 Å². The average molecular weight is 324 g/mol. The Kier molecular flexibility index (Phi) is 4.07. The van der Waals surface area contributed by atoms with Crippen LogP contribution in [-0.4, -0.2) is 23.9 Å². The third-order valence-electron chi connectivity index (χ3n) is 3.38. The summed E-state index contributed by atoms with van der Waals surface area (Å²) in [4.78, 5) is 26.6. The van der Waals surface area contributed by atoms with Crippen LogP contribution in [0.25, 0.3) is 6.08 Å². The van der Waals surface area contributed by atoms with Crippen LogP contribution in [0.5, 0.6) is 5.75 Å². The monoisotopic (exact) mass is 324 g/mol. The molecule has 0 aliphatic carbocycles. The van der Waals surface area contributed by atoms with Crippen molar-refractivity contribution in [1.82, 2.24) is 0 Å². The molecule has 0 spiro atoms. The highest BCUT2D eigenvalue weighted by atomic mass is 16.6. The van der Waals surface area contributed by atoms with E-state index in [1.165, 1.54) is 12.1 Å². The van der Waals surface area contributed by atoms with E-state index in [0.717, 1.165) is 0 Å². The molecule has 0 unspecified atom stereocenters. The van der Waals surface area contributed by atoms with Gasteiger partial charge in [0.25, 0.3) is 5.69 Å². The molecule has 24 heavy (non-hydrogen) atoms. The smallest absolute Gasteiger partial charge is 0.363 e. The highest BCUT2D eigenvalue weighted by Gasteiger charge is 2.25.